The highest BCUT2D eigenvalue weighted by molar-refractivity contribution is 7.80. The lowest BCUT2D eigenvalue weighted by atomic mass is 9.82. The van der Waals surface area contributed by atoms with E-state index in [4.69, 9.17) is 16.3 Å². The normalized spacial score (nSPS) is 11.4. The van der Waals surface area contributed by atoms with Crippen molar-refractivity contribution in [1.82, 2.24) is 0 Å². The van der Waals surface area contributed by atoms with Crippen molar-refractivity contribution >= 4 is 29.9 Å². The summed E-state index contributed by atoms with van der Waals surface area (Å²) in [6, 6.07) is 4.56. The number of benzene rings is 1. The molecule has 0 amide bonds. The number of thiol groups is 1. The molecule has 6 heteroatoms. The molecule has 1 aromatic carbocycles. The summed E-state index contributed by atoms with van der Waals surface area (Å²) >= 11 is 10.5. The first-order valence-electron chi connectivity index (χ1n) is 7.16. The monoisotopic (exact) mass is 331 g/mol. The second kappa shape index (κ2) is 8.49. The third-order valence-electron chi connectivity index (χ3n) is 3.56. The molecule has 0 heterocycles. The van der Waals surface area contributed by atoms with Crippen molar-refractivity contribution in [2.24, 2.45) is 5.41 Å². The Morgan fingerprint density at radius 3 is 2.43 bits per heavy atom. The number of hydrogen-bond acceptors (Lipinski definition) is 4. The van der Waals surface area contributed by atoms with Gasteiger partial charge >= 0.3 is 5.69 Å². The Labute approximate surface area is 136 Å². The quantitative estimate of drug-likeness (QED) is 0.387. The number of nitro groups is 1. The predicted molar refractivity (Wildman–Crippen MR) is 89.7 cm³/mol. The van der Waals surface area contributed by atoms with E-state index in [1.54, 1.807) is 12.1 Å². The van der Waals surface area contributed by atoms with Crippen molar-refractivity contribution in [2.75, 3.05) is 12.4 Å². The zero-order valence-electron chi connectivity index (χ0n) is 12.5. The van der Waals surface area contributed by atoms with Crippen LogP contribution in [-0.2, 0) is 0 Å². The van der Waals surface area contributed by atoms with Crippen molar-refractivity contribution in [3.05, 3.63) is 33.3 Å². The van der Waals surface area contributed by atoms with Gasteiger partial charge in [-0.25, -0.2) is 0 Å². The molecule has 0 bridgehead atoms. The van der Waals surface area contributed by atoms with Gasteiger partial charge in [0.15, 0.2) is 0 Å². The molecule has 1 aromatic rings. The summed E-state index contributed by atoms with van der Waals surface area (Å²) in [4.78, 5) is 10.6. The number of nitrogens with zero attached hydrogens (tertiary/aromatic N) is 1. The van der Waals surface area contributed by atoms with E-state index in [-0.39, 0.29) is 21.9 Å². The zero-order chi connectivity index (χ0) is 15.9. The molecule has 0 radical (unpaired) electrons. The molecule has 21 heavy (non-hydrogen) atoms. The molecular formula is C15H22ClNO3S. The predicted octanol–water partition coefficient (Wildman–Crippen LogP) is 5.14. The zero-order valence-corrected chi connectivity index (χ0v) is 14.1. The standard InChI is InChI=1S/C15H22ClNO3S/c1-3-8-15(11-21,9-4-2)10-20-14-12(16)6-5-7-13(14)17(18)19/h5-7,21H,3-4,8-11H2,1-2H3. The van der Waals surface area contributed by atoms with Crippen LogP contribution < -0.4 is 4.74 Å². The Bertz CT molecular complexity index is 476. The summed E-state index contributed by atoms with van der Waals surface area (Å²) < 4.78 is 5.77. The van der Waals surface area contributed by atoms with E-state index in [2.05, 4.69) is 26.5 Å². The van der Waals surface area contributed by atoms with Crippen LogP contribution in [0.1, 0.15) is 39.5 Å². The Kier molecular flexibility index (Phi) is 7.32. The Morgan fingerprint density at radius 2 is 1.95 bits per heavy atom. The first-order chi connectivity index (χ1) is 9.99. The molecule has 0 fully saturated rings. The summed E-state index contributed by atoms with van der Waals surface area (Å²) in [6.45, 7) is 4.63. The maximum Gasteiger partial charge on any atom is 0.312 e. The largest absolute Gasteiger partial charge is 0.485 e. The van der Waals surface area contributed by atoms with E-state index in [9.17, 15) is 10.1 Å². The number of halogens is 1. The molecule has 0 atom stereocenters. The highest BCUT2D eigenvalue weighted by atomic mass is 35.5. The van der Waals surface area contributed by atoms with Crippen LogP contribution in [-0.4, -0.2) is 17.3 Å². The molecule has 0 saturated heterocycles. The first-order valence-corrected chi connectivity index (χ1v) is 8.17. The van der Waals surface area contributed by atoms with Crippen LogP contribution in [0.3, 0.4) is 0 Å². The van der Waals surface area contributed by atoms with Gasteiger partial charge in [0.05, 0.1) is 16.6 Å². The Hall–Kier alpha value is -0.940. The lowest BCUT2D eigenvalue weighted by Gasteiger charge is -2.31. The lowest BCUT2D eigenvalue weighted by molar-refractivity contribution is -0.385. The van der Waals surface area contributed by atoms with Crippen molar-refractivity contribution in [1.29, 1.82) is 0 Å². The summed E-state index contributed by atoms with van der Waals surface area (Å²) in [6.07, 6.45) is 3.99. The fourth-order valence-corrected chi connectivity index (χ4v) is 3.17. The molecule has 0 unspecified atom stereocenters. The molecule has 0 spiro atoms. The molecule has 1 rings (SSSR count). The Morgan fingerprint density at radius 1 is 1.33 bits per heavy atom. The van der Waals surface area contributed by atoms with Gasteiger partial charge in [0.25, 0.3) is 0 Å². The van der Waals surface area contributed by atoms with Gasteiger partial charge in [-0.1, -0.05) is 44.4 Å². The minimum absolute atomic E-state index is 0.0698. The second-order valence-corrected chi connectivity index (χ2v) is 6.02. The SMILES string of the molecule is CCCC(CS)(CCC)COc1c(Cl)cccc1[N+](=O)[O-]. The minimum atomic E-state index is -0.469. The summed E-state index contributed by atoms with van der Waals surface area (Å²) in [5, 5.41) is 11.3. The van der Waals surface area contributed by atoms with Crippen molar-refractivity contribution in [3.8, 4) is 5.75 Å². The summed E-state index contributed by atoms with van der Waals surface area (Å²) in [7, 11) is 0. The van der Waals surface area contributed by atoms with Crippen molar-refractivity contribution in [3.63, 3.8) is 0 Å². The molecule has 0 aromatic heterocycles. The number of nitro benzene ring substituents is 1. The maximum atomic E-state index is 11.1. The summed E-state index contributed by atoms with van der Waals surface area (Å²) in [5.74, 6) is 0.843. The van der Waals surface area contributed by atoms with Crippen LogP contribution in [0.5, 0.6) is 5.75 Å². The number of ether oxygens (including phenoxy) is 1. The van der Waals surface area contributed by atoms with E-state index in [0.29, 0.717) is 12.4 Å². The van der Waals surface area contributed by atoms with Crippen LogP contribution >= 0.6 is 24.2 Å². The second-order valence-electron chi connectivity index (χ2n) is 5.29. The van der Waals surface area contributed by atoms with E-state index < -0.39 is 4.92 Å². The maximum absolute atomic E-state index is 11.1. The average molecular weight is 332 g/mol. The highest BCUT2D eigenvalue weighted by Crippen LogP contribution is 2.38. The fourth-order valence-electron chi connectivity index (χ4n) is 2.54. The highest BCUT2D eigenvalue weighted by Gasteiger charge is 2.29. The number of hydrogen-bond donors (Lipinski definition) is 1. The molecule has 0 aliphatic rings. The average Bonchev–Trinajstić information content (AvgIpc) is 2.45. The van der Waals surface area contributed by atoms with Crippen LogP contribution in [0.25, 0.3) is 0 Å². The van der Waals surface area contributed by atoms with E-state index in [1.165, 1.54) is 6.07 Å². The van der Waals surface area contributed by atoms with Gasteiger partial charge in [-0.3, -0.25) is 10.1 Å². The van der Waals surface area contributed by atoms with Gasteiger partial charge < -0.3 is 4.74 Å². The molecule has 0 aliphatic carbocycles. The van der Waals surface area contributed by atoms with Crippen molar-refractivity contribution in [2.45, 2.75) is 39.5 Å². The van der Waals surface area contributed by atoms with Crippen LogP contribution in [0.15, 0.2) is 18.2 Å². The fraction of sp³-hybridized carbons (Fsp3) is 0.600. The Balaban J connectivity index is 2.97. The molecular weight excluding hydrogens is 310 g/mol. The minimum Gasteiger partial charge on any atom is -0.485 e. The van der Waals surface area contributed by atoms with Crippen LogP contribution in [0, 0.1) is 15.5 Å². The van der Waals surface area contributed by atoms with Crippen LogP contribution in [0.2, 0.25) is 5.02 Å². The van der Waals surface area contributed by atoms with Gasteiger partial charge in [0.2, 0.25) is 5.75 Å². The lowest BCUT2D eigenvalue weighted by Crippen LogP contribution is -2.30. The van der Waals surface area contributed by atoms with E-state index in [1.807, 2.05) is 0 Å². The van der Waals surface area contributed by atoms with E-state index >= 15 is 0 Å². The van der Waals surface area contributed by atoms with Gasteiger partial charge in [0, 0.05) is 11.5 Å². The molecule has 4 nitrogen and oxygen atoms in total. The molecule has 0 aliphatic heterocycles. The van der Waals surface area contributed by atoms with Gasteiger partial charge in [-0.05, 0) is 24.7 Å². The van der Waals surface area contributed by atoms with Crippen molar-refractivity contribution < 1.29 is 9.66 Å². The smallest absolute Gasteiger partial charge is 0.312 e. The summed E-state index contributed by atoms with van der Waals surface area (Å²) in [5.41, 5.74) is -0.164. The van der Waals surface area contributed by atoms with E-state index in [0.717, 1.165) is 25.7 Å². The topological polar surface area (TPSA) is 52.4 Å². The van der Waals surface area contributed by atoms with Crippen LogP contribution in [0.4, 0.5) is 5.69 Å². The van der Waals surface area contributed by atoms with Gasteiger partial charge in [0.1, 0.15) is 0 Å². The number of rotatable bonds is 9. The number of para-hydroxylation sites is 1. The molecule has 0 N–H and O–H groups in total. The molecule has 0 saturated carbocycles. The first kappa shape index (κ1) is 18.1. The molecule has 118 valence electrons. The van der Waals surface area contributed by atoms with Gasteiger partial charge in [-0.2, -0.15) is 12.6 Å². The third kappa shape index (κ3) is 4.78. The van der Waals surface area contributed by atoms with Gasteiger partial charge in [-0.15, -0.1) is 0 Å². The third-order valence-corrected chi connectivity index (χ3v) is 4.53.